The quantitative estimate of drug-likeness (QED) is 0.330. The van der Waals surface area contributed by atoms with Crippen molar-refractivity contribution in [3.8, 4) is 10.6 Å². The van der Waals surface area contributed by atoms with E-state index in [0.29, 0.717) is 48.6 Å². The Balaban J connectivity index is 1.38. The van der Waals surface area contributed by atoms with Gasteiger partial charge in [-0.15, -0.1) is 11.3 Å². The van der Waals surface area contributed by atoms with Crippen LogP contribution in [0.4, 0.5) is 17.5 Å². The van der Waals surface area contributed by atoms with Crippen molar-refractivity contribution in [2.75, 3.05) is 54.9 Å². The number of aromatic nitrogens is 3. The Morgan fingerprint density at radius 2 is 1.95 bits per heavy atom. The number of fused-ring (bicyclic) bond motifs is 1. The van der Waals surface area contributed by atoms with Crippen molar-refractivity contribution < 1.29 is 4.74 Å². The third-order valence-corrected chi connectivity index (χ3v) is 8.77. The molecule has 0 amide bonds. The van der Waals surface area contributed by atoms with Gasteiger partial charge in [-0.05, 0) is 44.4 Å². The number of benzene rings is 1. The van der Waals surface area contributed by atoms with Gasteiger partial charge in [0.15, 0.2) is 0 Å². The monoisotopic (exact) mass is 524 g/mol. The first-order chi connectivity index (χ1) is 18.2. The molecule has 1 unspecified atom stereocenters. The normalized spacial score (nSPS) is 24.8. The number of ether oxygens (including phenoxy) is 1. The highest BCUT2D eigenvalue weighted by molar-refractivity contribution is 7.22. The molecule has 4 heterocycles. The Morgan fingerprint density at radius 3 is 2.76 bits per heavy atom. The van der Waals surface area contributed by atoms with E-state index in [0.717, 1.165) is 54.7 Å². The number of rotatable bonds is 6. The zero-order chi connectivity index (χ0) is 25.2. The fraction of sp³-hybridized carbons (Fsp3) is 0.577. The Morgan fingerprint density at radius 1 is 1.08 bits per heavy atom. The van der Waals surface area contributed by atoms with Crippen LogP contribution in [0.3, 0.4) is 0 Å². The maximum atomic E-state index is 13.6. The molecule has 198 valence electrons. The van der Waals surface area contributed by atoms with E-state index in [-0.39, 0.29) is 23.7 Å². The molecule has 0 radical (unpaired) electrons. The van der Waals surface area contributed by atoms with Crippen molar-refractivity contribution >= 4 is 39.0 Å². The summed E-state index contributed by atoms with van der Waals surface area (Å²) in [6, 6.07) is 6.71. The number of nitrogens with zero attached hydrogens (tertiary/aromatic N) is 3. The average molecular weight is 525 g/mol. The summed E-state index contributed by atoms with van der Waals surface area (Å²) in [5, 5.41) is 11.4. The van der Waals surface area contributed by atoms with Crippen LogP contribution in [0, 0.1) is 0 Å². The van der Waals surface area contributed by atoms with Crippen molar-refractivity contribution in [2.24, 2.45) is 5.73 Å². The number of anilines is 3. The van der Waals surface area contributed by atoms with Crippen molar-refractivity contribution in [3.05, 3.63) is 28.6 Å². The molecule has 3 fully saturated rings. The Bertz CT molecular complexity index is 1280. The first kappa shape index (κ1) is 24.6. The molecular formula is C26H36N8O2S. The highest BCUT2D eigenvalue weighted by Crippen LogP contribution is 2.37. The van der Waals surface area contributed by atoms with Gasteiger partial charge < -0.3 is 31.3 Å². The van der Waals surface area contributed by atoms with Crippen molar-refractivity contribution in [3.63, 3.8) is 0 Å². The zero-order valence-corrected chi connectivity index (χ0v) is 21.9. The second-order valence-corrected chi connectivity index (χ2v) is 11.3. The van der Waals surface area contributed by atoms with Gasteiger partial charge in [0, 0.05) is 37.8 Å². The lowest BCUT2D eigenvalue weighted by atomic mass is 9.91. The number of aromatic amines is 1. The summed E-state index contributed by atoms with van der Waals surface area (Å²) in [6.45, 7) is 4.51. The number of nitrogens with two attached hydrogens (primary N) is 1. The fourth-order valence-corrected chi connectivity index (χ4v) is 6.65. The molecule has 1 saturated carbocycles. The van der Waals surface area contributed by atoms with Gasteiger partial charge in [0.05, 0.1) is 29.1 Å². The van der Waals surface area contributed by atoms with E-state index in [1.807, 2.05) is 12.1 Å². The first-order valence-corrected chi connectivity index (χ1v) is 14.3. The van der Waals surface area contributed by atoms with E-state index in [2.05, 4.69) is 31.9 Å². The van der Waals surface area contributed by atoms with Gasteiger partial charge in [-0.1, -0.05) is 18.9 Å². The van der Waals surface area contributed by atoms with Gasteiger partial charge in [-0.3, -0.25) is 9.78 Å². The molecule has 10 nitrogen and oxygen atoms in total. The molecular weight excluding hydrogens is 488 g/mol. The molecule has 0 spiro atoms. The molecule has 6 N–H and O–H groups in total. The van der Waals surface area contributed by atoms with E-state index in [1.165, 1.54) is 24.2 Å². The number of nitrogens with one attached hydrogen (secondary N) is 4. The van der Waals surface area contributed by atoms with Crippen LogP contribution in [-0.2, 0) is 4.74 Å². The Labute approximate surface area is 220 Å². The predicted molar refractivity (Wildman–Crippen MR) is 150 cm³/mol. The minimum absolute atomic E-state index is 0.149. The van der Waals surface area contributed by atoms with Gasteiger partial charge in [0.1, 0.15) is 16.4 Å². The van der Waals surface area contributed by atoms with Gasteiger partial charge in [0.2, 0.25) is 5.95 Å². The van der Waals surface area contributed by atoms with Crippen LogP contribution in [-0.4, -0.2) is 72.5 Å². The van der Waals surface area contributed by atoms with E-state index < -0.39 is 0 Å². The maximum absolute atomic E-state index is 13.6. The molecule has 6 rings (SSSR count). The van der Waals surface area contributed by atoms with Crippen molar-refractivity contribution in [2.45, 2.75) is 56.7 Å². The van der Waals surface area contributed by atoms with Crippen LogP contribution in [0.25, 0.3) is 20.8 Å². The number of thiazole rings is 1. The van der Waals surface area contributed by atoms with E-state index in [9.17, 15) is 4.79 Å². The lowest BCUT2D eigenvalue weighted by molar-refractivity contribution is 0.122. The number of H-pyrrole nitrogens is 1. The summed E-state index contributed by atoms with van der Waals surface area (Å²) in [6.07, 6.45) is 6.62. The second-order valence-electron chi connectivity index (χ2n) is 10.3. The SMILES string of the molecule is N[C@H]1CCCC[C@H]1Nc1cccc2nc(-c3c(NC4CCCNC4)nc(N4CCOCC4)[nH]c3=O)sc12. The van der Waals surface area contributed by atoms with Gasteiger partial charge in [0.25, 0.3) is 5.56 Å². The average Bonchev–Trinajstić information content (AvgIpc) is 3.35. The summed E-state index contributed by atoms with van der Waals surface area (Å²) >= 11 is 1.53. The zero-order valence-electron chi connectivity index (χ0n) is 21.1. The minimum atomic E-state index is -0.175. The maximum Gasteiger partial charge on any atom is 0.264 e. The van der Waals surface area contributed by atoms with Crippen LogP contribution in [0.15, 0.2) is 23.0 Å². The molecule has 3 atom stereocenters. The lowest BCUT2D eigenvalue weighted by Crippen LogP contribution is -2.42. The molecule has 37 heavy (non-hydrogen) atoms. The topological polar surface area (TPSA) is 133 Å². The molecule has 3 aromatic rings. The molecule has 11 heteroatoms. The number of piperidine rings is 1. The smallest absolute Gasteiger partial charge is 0.264 e. The molecule has 0 bridgehead atoms. The Kier molecular flexibility index (Phi) is 7.27. The van der Waals surface area contributed by atoms with Crippen LogP contribution >= 0.6 is 11.3 Å². The Hall–Kier alpha value is -2.73. The second kappa shape index (κ2) is 10.9. The fourth-order valence-electron chi connectivity index (χ4n) is 5.57. The summed E-state index contributed by atoms with van der Waals surface area (Å²) in [5.41, 5.74) is 8.65. The number of hydrogen-bond acceptors (Lipinski definition) is 10. The standard InChI is InChI=1S/C26H36N8O2S/c27-17-6-1-2-7-18(17)30-19-8-3-9-20-22(19)37-25(31-20)21-23(29-16-5-4-10-28-15-16)32-26(33-24(21)35)34-11-13-36-14-12-34/h3,8-9,16-18,28,30H,1-2,4-7,10-15,27H2,(H2,29,32,33,35)/t16?,17-,18+/m0/s1. The van der Waals surface area contributed by atoms with Gasteiger partial charge in [-0.25, -0.2) is 4.98 Å². The molecule has 2 saturated heterocycles. The molecule has 1 aliphatic carbocycles. The summed E-state index contributed by atoms with van der Waals surface area (Å²) in [4.78, 5) is 28.5. The molecule has 1 aromatic carbocycles. The van der Waals surface area contributed by atoms with E-state index in [4.69, 9.17) is 20.4 Å². The summed E-state index contributed by atoms with van der Waals surface area (Å²) in [5.74, 6) is 1.18. The van der Waals surface area contributed by atoms with Crippen LogP contribution < -0.4 is 32.1 Å². The first-order valence-electron chi connectivity index (χ1n) is 13.5. The lowest BCUT2D eigenvalue weighted by Gasteiger charge is -2.30. The highest BCUT2D eigenvalue weighted by atomic mass is 32.1. The minimum Gasteiger partial charge on any atom is -0.380 e. The number of morpholine rings is 1. The highest BCUT2D eigenvalue weighted by Gasteiger charge is 2.26. The van der Waals surface area contributed by atoms with E-state index >= 15 is 0 Å². The third kappa shape index (κ3) is 5.31. The van der Waals surface area contributed by atoms with Crippen LogP contribution in [0.5, 0.6) is 0 Å². The van der Waals surface area contributed by atoms with Crippen molar-refractivity contribution in [1.29, 1.82) is 0 Å². The van der Waals surface area contributed by atoms with E-state index in [1.54, 1.807) is 0 Å². The number of hydrogen-bond donors (Lipinski definition) is 5. The van der Waals surface area contributed by atoms with Crippen LogP contribution in [0.1, 0.15) is 38.5 Å². The largest absolute Gasteiger partial charge is 0.380 e. The molecule has 3 aliphatic rings. The molecule has 2 aliphatic heterocycles. The predicted octanol–water partition coefficient (Wildman–Crippen LogP) is 2.73. The molecule has 2 aromatic heterocycles. The van der Waals surface area contributed by atoms with Crippen LogP contribution in [0.2, 0.25) is 0 Å². The summed E-state index contributed by atoms with van der Waals surface area (Å²) < 4.78 is 6.53. The summed E-state index contributed by atoms with van der Waals surface area (Å²) in [7, 11) is 0. The third-order valence-electron chi connectivity index (χ3n) is 7.64. The van der Waals surface area contributed by atoms with Gasteiger partial charge in [-0.2, -0.15) is 4.98 Å². The van der Waals surface area contributed by atoms with Gasteiger partial charge >= 0.3 is 0 Å². The van der Waals surface area contributed by atoms with Crippen molar-refractivity contribution in [1.82, 2.24) is 20.3 Å².